The molecule has 0 N–H and O–H groups in total. The highest BCUT2D eigenvalue weighted by Gasteiger charge is 2.28. The van der Waals surface area contributed by atoms with Gasteiger partial charge in [0.1, 0.15) is 11.5 Å². The van der Waals surface area contributed by atoms with Crippen molar-refractivity contribution in [2.75, 3.05) is 26.2 Å². The molecule has 0 aliphatic heterocycles. The maximum absolute atomic E-state index is 15.2. The molecule has 0 spiro atoms. The van der Waals surface area contributed by atoms with E-state index in [1.807, 2.05) is 0 Å². The van der Waals surface area contributed by atoms with Crippen LogP contribution in [0.1, 0.15) is 23.0 Å². The molecule has 0 atom stereocenters. The molecule has 3 aromatic rings. The molecule has 0 fully saturated rings. The molecule has 0 bridgehead atoms. The van der Waals surface area contributed by atoms with Crippen LogP contribution in [0.4, 0.5) is 21.6 Å². The molecule has 11 heteroatoms. The lowest BCUT2D eigenvalue weighted by molar-refractivity contribution is -0.384. The number of benzene rings is 2. The molecule has 0 unspecified atom stereocenters. The zero-order valence-electron chi connectivity index (χ0n) is 19.5. The van der Waals surface area contributed by atoms with Crippen molar-refractivity contribution in [2.24, 2.45) is 0 Å². The fourth-order valence-corrected chi connectivity index (χ4v) is 3.73. The number of aromatic nitrogens is 2. The van der Waals surface area contributed by atoms with E-state index in [2.05, 4.69) is 16.5 Å². The van der Waals surface area contributed by atoms with E-state index < -0.39 is 16.7 Å². The van der Waals surface area contributed by atoms with Gasteiger partial charge in [-0.2, -0.15) is 0 Å². The third kappa shape index (κ3) is 5.07. The molecular formula is C24H22ClFN4O5. The number of esters is 1. The summed E-state index contributed by atoms with van der Waals surface area (Å²) in [5.74, 6) is -1.86. The minimum Gasteiger partial charge on any atom is -0.492 e. The van der Waals surface area contributed by atoms with Crippen LogP contribution in [0.2, 0.25) is 5.02 Å². The first-order valence-electron chi connectivity index (χ1n) is 10.2. The molecule has 3 rings (SSSR count). The van der Waals surface area contributed by atoms with Crippen LogP contribution in [0.5, 0.6) is 5.75 Å². The van der Waals surface area contributed by atoms with E-state index in [9.17, 15) is 14.9 Å². The number of hydrogen-bond acceptors (Lipinski definition) is 8. The number of allylic oxidation sites excluding steroid dienone is 1. The second kappa shape index (κ2) is 10.5. The number of carbonyl (C=O) groups excluding carboxylic acids is 1. The lowest BCUT2D eigenvalue weighted by atomic mass is 10.0. The summed E-state index contributed by atoms with van der Waals surface area (Å²) >= 11 is 6.02. The molecule has 9 nitrogen and oxygen atoms in total. The van der Waals surface area contributed by atoms with Crippen molar-refractivity contribution in [2.45, 2.75) is 13.3 Å². The minimum atomic E-state index is -0.831. The molecule has 35 heavy (non-hydrogen) atoms. The molecule has 2 aromatic carbocycles. The predicted octanol–water partition coefficient (Wildman–Crippen LogP) is 5.53. The van der Waals surface area contributed by atoms with Crippen LogP contribution in [0.3, 0.4) is 0 Å². The van der Waals surface area contributed by atoms with Crippen LogP contribution in [-0.4, -0.2) is 42.1 Å². The molecule has 0 saturated heterocycles. The van der Waals surface area contributed by atoms with Gasteiger partial charge in [-0.1, -0.05) is 35.9 Å². The van der Waals surface area contributed by atoms with Crippen molar-refractivity contribution in [1.29, 1.82) is 0 Å². The summed E-state index contributed by atoms with van der Waals surface area (Å²) in [4.78, 5) is 34.1. The highest BCUT2D eigenvalue weighted by Crippen LogP contribution is 2.38. The Morgan fingerprint density at radius 2 is 1.91 bits per heavy atom. The minimum absolute atomic E-state index is 0.0399. The lowest BCUT2D eigenvalue weighted by Gasteiger charge is -2.23. The lowest BCUT2D eigenvalue weighted by Crippen LogP contribution is -2.20. The second-order valence-electron chi connectivity index (χ2n) is 7.57. The summed E-state index contributed by atoms with van der Waals surface area (Å²) in [7, 11) is 4.00. The molecule has 0 amide bonds. The topological polar surface area (TPSA) is 108 Å². The number of halogens is 2. The Balaban J connectivity index is 2.39. The number of rotatable bonds is 8. The number of nitrogens with zero attached hydrogens (tertiary/aromatic N) is 4. The van der Waals surface area contributed by atoms with Gasteiger partial charge in [0.25, 0.3) is 5.69 Å². The molecule has 1 aromatic heterocycles. The van der Waals surface area contributed by atoms with Gasteiger partial charge in [0.2, 0.25) is 0 Å². The monoisotopic (exact) mass is 500 g/mol. The fraction of sp³-hybridized carbons (Fsp3) is 0.208. The van der Waals surface area contributed by atoms with Crippen molar-refractivity contribution in [3.8, 4) is 17.1 Å². The van der Waals surface area contributed by atoms with E-state index in [-0.39, 0.29) is 51.5 Å². The van der Waals surface area contributed by atoms with Gasteiger partial charge in [0, 0.05) is 18.7 Å². The molecule has 0 saturated carbocycles. The van der Waals surface area contributed by atoms with Crippen LogP contribution >= 0.6 is 11.6 Å². The number of carbonyl (C=O) groups is 1. The zero-order chi connectivity index (χ0) is 25.9. The van der Waals surface area contributed by atoms with Gasteiger partial charge in [-0.25, -0.2) is 19.2 Å². The molecular weight excluding hydrogens is 479 g/mol. The maximum atomic E-state index is 15.2. The zero-order valence-corrected chi connectivity index (χ0v) is 20.2. The van der Waals surface area contributed by atoms with Crippen molar-refractivity contribution in [3.63, 3.8) is 0 Å². The van der Waals surface area contributed by atoms with Crippen molar-refractivity contribution in [3.05, 3.63) is 80.8 Å². The first kappa shape index (κ1) is 25.6. The van der Waals surface area contributed by atoms with Crippen LogP contribution in [0.25, 0.3) is 11.4 Å². The van der Waals surface area contributed by atoms with E-state index in [1.54, 1.807) is 20.0 Å². The Hall–Kier alpha value is -4.05. The van der Waals surface area contributed by atoms with Crippen LogP contribution < -0.4 is 9.64 Å². The smallest absolute Gasteiger partial charge is 0.357 e. The average Bonchev–Trinajstić information content (AvgIpc) is 2.83. The van der Waals surface area contributed by atoms with Crippen LogP contribution in [-0.2, 0) is 11.2 Å². The van der Waals surface area contributed by atoms with Crippen molar-refractivity contribution >= 4 is 34.8 Å². The standard InChI is InChI=1S/C24H22ClFN4O5/c1-13(2)12-15-20(24(31)35-5)27-22(14-10-11-16(25)21(34-4)19(14)26)28-23(15)29(3)17-8-6-7-9-18(17)30(32)33/h6-11H,1,12H2,2-5H3. The van der Waals surface area contributed by atoms with E-state index >= 15 is 4.39 Å². The highest BCUT2D eigenvalue weighted by molar-refractivity contribution is 6.32. The molecule has 0 radical (unpaired) electrons. The van der Waals surface area contributed by atoms with Gasteiger partial charge >= 0.3 is 5.97 Å². The first-order valence-corrected chi connectivity index (χ1v) is 10.6. The van der Waals surface area contributed by atoms with Gasteiger partial charge in [0.05, 0.1) is 29.7 Å². The number of para-hydroxylation sites is 2. The Bertz CT molecular complexity index is 1330. The average molecular weight is 501 g/mol. The van der Waals surface area contributed by atoms with E-state index in [4.69, 9.17) is 21.1 Å². The predicted molar refractivity (Wildman–Crippen MR) is 130 cm³/mol. The fourth-order valence-electron chi connectivity index (χ4n) is 3.51. The Kier molecular flexibility index (Phi) is 7.65. The first-order chi connectivity index (χ1) is 16.6. The van der Waals surface area contributed by atoms with Gasteiger partial charge in [0.15, 0.2) is 23.1 Å². The van der Waals surface area contributed by atoms with Crippen LogP contribution in [0.15, 0.2) is 48.6 Å². The van der Waals surface area contributed by atoms with Crippen molar-refractivity contribution in [1.82, 2.24) is 9.97 Å². The Morgan fingerprint density at radius 3 is 2.51 bits per heavy atom. The van der Waals surface area contributed by atoms with Crippen molar-refractivity contribution < 1.29 is 23.6 Å². The van der Waals surface area contributed by atoms with Gasteiger partial charge in [-0.15, -0.1) is 0 Å². The highest BCUT2D eigenvalue weighted by atomic mass is 35.5. The molecule has 182 valence electrons. The summed E-state index contributed by atoms with van der Waals surface area (Å²) in [6, 6.07) is 8.80. The summed E-state index contributed by atoms with van der Waals surface area (Å²) in [5.41, 5.74) is 0.786. The maximum Gasteiger partial charge on any atom is 0.357 e. The van der Waals surface area contributed by atoms with Gasteiger partial charge < -0.3 is 14.4 Å². The molecule has 0 aliphatic carbocycles. The summed E-state index contributed by atoms with van der Waals surface area (Å²) in [6.07, 6.45) is 0.164. The van der Waals surface area contributed by atoms with Crippen LogP contribution in [0, 0.1) is 15.9 Å². The molecule has 1 heterocycles. The van der Waals surface area contributed by atoms with E-state index in [0.717, 1.165) is 0 Å². The van der Waals surface area contributed by atoms with E-state index in [1.165, 1.54) is 49.5 Å². The number of methoxy groups -OCH3 is 2. The number of nitro benzene ring substituents is 1. The third-order valence-electron chi connectivity index (χ3n) is 5.09. The summed E-state index contributed by atoms with van der Waals surface area (Å²) in [6.45, 7) is 5.64. The number of nitro groups is 1. The number of ether oxygens (including phenoxy) is 2. The Morgan fingerprint density at radius 1 is 1.23 bits per heavy atom. The summed E-state index contributed by atoms with van der Waals surface area (Å²) in [5, 5.41) is 11.7. The largest absolute Gasteiger partial charge is 0.492 e. The number of anilines is 2. The number of hydrogen-bond donors (Lipinski definition) is 0. The molecule has 0 aliphatic rings. The summed E-state index contributed by atoms with van der Waals surface area (Å²) < 4.78 is 25.2. The second-order valence-corrected chi connectivity index (χ2v) is 7.98. The third-order valence-corrected chi connectivity index (χ3v) is 5.39. The van der Waals surface area contributed by atoms with Gasteiger partial charge in [-0.3, -0.25) is 10.1 Å². The van der Waals surface area contributed by atoms with E-state index in [0.29, 0.717) is 11.1 Å². The Labute approximate surface area is 205 Å². The SMILES string of the molecule is C=C(C)Cc1c(C(=O)OC)nc(-c2ccc(Cl)c(OC)c2F)nc1N(C)c1ccccc1[N+](=O)[O-]. The quantitative estimate of drug-likeness (QED) is 0.172. The normalized spacial score (nSPS) is 10.6. The van der Waals surface area contributed by atoms with Gasteiger partial charge in [-0.05, 0) is 31.5 Å².